The van der Waals surface area contributed by atoms with E-state index in [9.17, 15) is 13.2 Å². The third-order valence-electron chi connectivity index (χ3n) is 3.94. The summed E-state index contributed by atoms with van der Waals surface area (Å²) in [6.45, 7) is 2.35. The first kappa shape index (κ1) is 20.8. The summed E-state index contributed by atoms with van der Waals surface area (Å²) in [6.07, 6.45) is 0.00315. The van der Waals surface area contributed by atoms with E-state index in [0.717, 1.165) is 16.9 Å². The van der Waals surface area contributed by atoms with E-state index in [2.05, 4.69) is 9.71 Å². The summed E-state index contributed by atoms with van der Waals surface area (Å²) in [4.78, 5) is 16.9. The Labute approximate surface area is 173 Å². The van der Waals surface area contributed by atoms with Crippen LogP contribution in [0.25, 0.3) is 11.3 Å². The Kier molecular flexibility index (Phi) is 6.50. The van der Waals surface area contributed by atoms with Crippen LogP contribution in [0.1, 0.15) is 11.8 Å². The van der Waals surface area contributed by atoms with Gasteiger partial charge in [-0.1, -0.05) is 41.7 Å². The Bertz CT molecular complexity index is 1080. The molecule has 7 nitrogen and oxygen atoms in total. The Morgan fingerprint density at radius 1 is 1.10 bits per heavy atom. The molecule has 0 radical (unpaired) electrons. The number of methoxy groups -OCH3 is 1. The lowest BCUT2D eigenvalue weighted by molar-refractivity contribution is -0.139. The average Bonchev–Trinajstić information content (AvgIpc) is 3.10. The van der Waals surface area contributed by atoms with Crippen LogP contribution >= 0.6 is 11.3 Å². The number of carbonyl (C=O) groups excluding carboxylic acids is 1. The van der Waals surface area contributed by atoms with Crippen LogP contribution in [0.15, 0.2) is 59.5 Å². The van der Waals surface area contributed by atoms with Gasteiger partial charge in [-0.2, -0.15) is 0 Å². The summed E-state index contributed by atoms with van der Waals surface area (Å²) in [5, 5.41) is 0.177. The van der Waals surface area contributed by atoms with Crippen molar-refractivity contribution in [2.45, 2.75) is 18.2 Å². The molecule has 152 valence electrons. The van der Waals surface area contributed by atoms with Crippen molar-refractivity contribution in [3.8, 4) is 17.0 Å². The number of ether oxygens (including phenoxy) is 2. The minimum absolute atomic E-state index is 0.00315. The first-order chi connectivity index (χ1) is 13.9. The monoisotopic (exact) mass is 432 g/mol. The zero-order chi connectivity index (χ0) is 20.9. The lowest BCUT2D eigenvalue weighted by Gasteiger charge is -2.07. The Hall–Kier alpha value is -2.91. The molecule has 0 aliphatic carbocycles. The van der Waals surface area contributed by atoms with Gasteiger partial charge in [0, 0.05) is 10.4 Å². The van der Waals surface area contributed by atoms with Crippen LogP contribution in [0.2, 0.25) is 0 Å². The van der Waals surface area contributed by atoms with Crippen molar-refractivity contribution in [3.63, 3.8) is 0 Å². The fraction of sp³-hybridized carbons (Fsp3) is 0.200. The second kappa shape index (κ2) is 9.06. The van der Waals surface area contributed by atoms with Crippen LogP contribution in [-0.4, -0.2) is 33.1 Å². The van der Waals surface area contributed by atoms with Crippen molar-refractivity contribution in [1.29, 1.82) is 0 Å². The molecule has 1 N–H and O–H groups in total. The maximum atomic E-state index is 12.7. The predicted octanol–water partition coefficient (Wildman–Crippen LogP) is 3.73. The van der Waals surface area contributed by atoms with Gasteiger partial charge in [0.1, 0.15) is 5.75 Å². The largest absolute Gasteiger partial charge is 0.494 e. The van der Waals surface area contributed by atoms with Gasteiger partial charge >= 0.3 is 5.97 Å². The first-order valence-electron chi connectivity index (χ1n) is 8.80. The van der Waals surface area contributed by atoms with E-state index in [4.69, 9.17) is 9.47 Å². The van der Waals surface area contributed by atoms with Gasteiger partial charge in [-0.05, 0) is 31.2 Å². The van der Waals surface area contributed by atoms with E-state index in [1.54, 1.807) is 12.1 Å². The number of hydrogen-bond acceptors (Lipinski definition) is 7. The highest BCUT2D eigenvalue weighted by atomic mass is 32.2. The molecule has 0 atom stereocenters. The predicted molar refractivity (Wildman–Crippen MR) is 112 cm³/mol. The quantitative estimate of drug-likeness (QED) is 0.545. The number of aromatic nitrogens is 1. The molecule has 1 aromatic heterocycles. The van der Waals surface area contributed by atoms with Crippen molar-refractivity contribution < 1.29 is 22.7 Å². The number of anilines is 1. The van der Waals surface area contributed by atoms with Crippen LogP contribution in [0.5, 0.6) is 5.75 Å². The second-order valence-corrected chi connectivity index (χ2v) is 8.69. The maximum Gasteiger partial charge on any atom is 0.310 e. The molecule has 9 heteroatoms. The molecule has 0 bridgehead atoms. The highest BCUT2D eigenvalue weighted by Crippen LogP contribution is 2.33. The summed E-state index contributed by atoms with van der Waals surface area (Å²) < 4.78 is 38.0. The Balaban J connectivity index is 1.91. The van der Waals surface area contributed by atoms with Crippen LogP contribution in [0.4, 0.5) is 5.13 Å². The molecular formula is C20H20N2O5S2. The molecule has 0 amide bonds. The molecule has 2 aromatic carbocycles. The van der Waals surface area contributed by atoms with E-state index in [-0.39, 0.29) is 16.4 Å². The van der Waals surface area contributed by atoms with Gasteiger partial charge in [0.15, 0.2) is 5.13 Å². The number of sulfonamides is 1. The number of hydrogen-bond donors (Lipinski definition) is 1. The lowest BCUT2D eigenvalue weighted by atomic mass is 10.1. The van der Waals surface area contributed by atoms with E-state index >= 15 is 0 Å². The van der Waals surface area contributed by atoms with Gasteiger partial charge in [-0.15, -0.1) is 0 Å². The van der Waals surface area contributed by atoms with E-state index < -0.39 is 16.0 Å². The third-order valence-corrected chi connectivity index (χ3v) is 6.40. The summed E-state index contributed by atoms with van der Waals surface area (Å²) in [6, 6.07) is 15.4. The molecule has 29 heavy (non-hydrogen) atoms. The van der Waals surface area contributed by atoms with Gasteiger partial charge in [0.25, 0.3) is 10.0 Å². The number of thiazole rings is 1. The standard InChI is InChI=1S/C20H20N2O5S2/c1-3-27-15-9-11-16(12-10-15)29(24,25)22-20-21-19(14-7-5-4-6-8-14)17(28-20)13-18(23)26-2/h4-12H,3,13H2,1-2H3,(H,21,22). The molecular weight excluding hydrogens is 412 g/mol. The van der Waals surface area contributed by atoms with Gasteiger partial charge in [-0.25, -0.2) is 13.4 Å². The minimum Gasteiger partial charge on any atom is -0.494 e. The SMILES string of the molecule is CCOc1ccc(S(=O)(=O)Nc2nc(-c3ccccc3)c(CC(=O)OC)s2)cc1. The number of nitrogens with zero attached hydrogens (tertiary/aromatic N) is 1. The molecule has 0 saturated carbocycles. The Morgan fingerprint density at radius 2 is 1.79 bits per heavy atom. The number of rotatable bonds is 8. The third kappa shape index (κ3) is 5.12. The topological polar surface area (TPSA) is 94.6 Å². The fourth-order valence-corrected chi connectivity index (χ4v) is 4.80. The van der Waals surface area contributed by atoms with Crippen molar-refractivity contribution >= 4 is 32.5 Å². The summed E-state index contributed by atoms with van der Waals surface area (Å²) in [5.74, 6) is 0.166. The van der Waals surface area contributed by atoms with Gasteiger partial charge in [0.2, 0.25) is 0 Å². The first-order valence-corrected chi connectivity index (χ1v) is 11.1. The molecule has 3 aromatic rings. The summed E-state index contributed by atoms with van der Waals surface area (Å²) in [7, 11) is -2.53. The number of benzene rings is 2. The van der Waals surface area contributed by atoms with Gasteiger partial charge < -0.3 is 9.47 Å². The molecule has 1 heterocycles. The van der Waals surface area contributed by atoms with E-state index in [0.29, 0.717) is 22.9 Å². The van der Waals surface area contributed by atoms with Crippen LogP contribution in [0.3, 0.4) is 0 Å². The molecule has 0 aliphatic rings. The van der Waals surface area contributed by atoms with Gasteiger partial charge in [-0.3, -0.25) is 9.52 Å². The number of esters is 1. The van der Waals surface area contributed by atoms with Crippen LogP contribution in [-0.2, 0) is 26.0 Å². The summed E-state index contributed by atoms with van der Waals surface area (Å²) in [5.41, 5.74) is 1.33. The zero-order valence-corrected chi connectivity index (χ0v) is 17.5. The van der Waals surface area contributed by atoms with E-state index in [1.165, 1.54) is 19.2 Å². The van der Waals surface area contributed by atoms with E-state index in [1.807, 2.05) is 37.3 Å². The molecule has 0 unspecified atom stereocenters. The maximum absolute atomic E-state index is 12.7. The normalized spacial score (nSPS) is 11.1. The summed E-state index contributed by atoms with van der Waals surface area (Å²) >= 11 is 1.10. The molecule has 0 spiro atoms. The second-order valence-electron chi connectivity index (χ2n) is 5.92. The highest BCUT2D eigenvalue weighted by Gasteiger charge is 2.21. The Morgan fingerprint density at radius 3 is 2.41 bits per heavy atom. The number of nitrogens with one attached hydrogen (secondary N) is 1. The van der Waals surface area contributed by atoms with Gasteiger partial charge in [0.05, 0.1) is 30.7 Å². The fourth-order valence-electron chi connectivity index (χ4n) is 2.60. The number of carbonyl (C=O) groups is 1. The van der Waals surface area contributed by atoms with Crippen molar-refractivity contribution in [1.82, 2.24) is 4.98 Å². The zero-order valence-electron chi connectivity index (χ0n) is 15.9. The highest BCUT2D eigenvalue weighted by molar-refractivity contribution is 7.93. The van der Waals surface area contributed by atoms with Crippen molar-refractivity contribution in [2.24, 2.45) is 0 Å². The van der Waals surface area contributed by atoms with Crippen LogP contribution in [0, 0.1) is 0 Å². The lowest BCUT2D eigenvalue weighted by Crippen LogP contribution is -2.12. The molecule has 0 fully saturated rings. The average molecular weight is 433 g/mol. The minimum atomic E-state index is -3.84. The molecule has 0 aliphatic heterocycles. The van der Waals surface area contributed by atoms with Crippen molar-refractivity contribution in [3.05, 3.63) is 59.5 Å². The van der Waals surface area contributed by atoms with Crippen molar-refractivity contribution in [2.75, 3.05) is 18.4 Å². The van der Waals surface area contributed by atoms with Crippen LogP contribution < -0.4 is 9.46 Å². The smallest absolute Gasteiger partial charge is 0.310 e. The molecule has 3 rings (SSSR count). The molecule has 0 saturated heterocycles.